The fourth-order valence-electron chi connectivity index (χ4n) is 1.34. The van der Waals surface area contributed by atoms with Gasteiger partial charge in [-0.15, -0.1) is 11.3 Å². The van der Waals surface area contributed by atoms with Gasteiger partial charge < -0.3 is 9.64 Å². The molecule has 1 amide bonds. The zero-order valence-electron chi connectivity index (χ0n) is 11.0. The Morgan fingerprint density at radius 2 is 2.18 bits per heavy atom. The maximum absolute atomic E-state index is 12.0. The van der Waals surface area contributed by atoms with Gasteiger partial charge in [-0.25, -0.2) is 0 Å². The molecule has 0 saturated carbocycles. The van der Waals surface area contributed by atoms with E-state index in [0.29, 0.717) is 13.1 Å². The first-order valence-corrected chi connectivity index (χ1v) is 6.74. The molecule has 96 valence electrons. The van der Waals surface area contributed by atoms with Crippen molar-refractivity contribution in [2.24, 2.45) is 0 Å². The summed E-state index contributed by atoms with van der Waals surface area (Å²) in [6.07, 6.45) is 0. The maximum atomic E-state index is 12.0. The van der Waals surface area contributed by atoms with Gasteiger partial charge in [-0.3, -0.25) is 4.79 Å². The average Bonchev–Trinajstić information content (AvgIpc) is 2.74. The van der Waals surface area contributed by atoms with Gasteiger partial charge in [-0.1, -0.05) is 6.07 Å². The van der Waals surface area contributed by atoms with Crippen molar-refractivity contribution in [2.45, 2.75) is 39.8 Å². The van der Waals surface area contributed by atoms with Crippen LogP contribution in [0.4, 0.5) is 0 Å². The Kier molecular flexibility index (Phi) is 5.15. The van der Waals surface area contributed by atoms with Crippen LogP contribution in [0.5, 0.6) is 0 Å². The van der Waals surface area contributed by atoms with Crippen LogP contribution in [0.3, 0.4) is 0 Å². The van der Waals surface area contributed by atoms with Crippen LogP contribution in [0, 0.1) is 0 Å². The van der Waals surface area contributed by atoms with Gasteiger partial charge in [0.1, 0.15) is 6.61 Å². The molecule has 4 heteroatoms. The monoisotopic (exact) mass is 255 g/mol. The second-order valence-corrected chi connectivity index (χ2v) is 5.92. The molecule has 0 atom stereocenters. The highest BCUT2D eigenvalue weighted by molar-refractivity contribution is 7.09. The molecule has 0 fully saturated rings. The van der Waals surface area contributed by atoms with Gasteiger partial charge >= 0.3 is 0 Å². The van der Waals surface area contributed by atoms with E-state index in [9.17, 15) is 4.79 Å². The Morgan fingerprint density at radius 1 is 1.47 bits per heavy atom. The molecule has 17 heavy (non-hydrogen) atoms. The summed E-state index contributed by atoms with van der Waals surface area (Å²) in [4.78, 5) is 15.0. The minimum atomic E-state index is -0.266. The Balaban J connectivity index is 2.47. The number of carbonyl (C=O) groups excluding carboxylic acids is 1. The highest BCUT2D eigenvalue weighted by atomic mass is 32.1. The first-order valence-electron chi connectivity index (χ1n) is 5.86. The molecule has 0 aliphatic heterocycles. The molecule has 0 aromatic carbocycles. The quantitative estimate of drug-likeness (QED) is 0.809. The third-order valence-electron chi connectivity index (χ3n) is 2.29. The van der Waals surface area contributed by atoms with Crippen LogP contribution < -0.4 is 0 Å². The van der Waals surface area contributed by atoms with Gasteiger partial charge in [0.2, 0.25) is 5.91 Å². The van der Waals surface area contributed by atoms with Crippen LogP contribution in [0.1, 0.15) is 32.6 Å². The molecule has 1 rings (SSSR count). The summed E-state index contributed by atoms with van der Waals surface area (Å²) in [5.41, 5.74) is -0.266. The number of thiophene rings is 1. The van der Waals surface area contributed by atoms with E-state index in [1.54, 1.807) is 11.3 Å². The van der Waals surface area contributed by atoms with Crippen molar-refractivity contribution >= 4 is 17.2 Å². The number of hydrogen-bond acceptors (Lipinski definition) is 3. The van der Waals surface area contributed by atoms with Crippen molar-refractivity contribution in [1.29, 1.82) is 0 Å². The lowest BCUT2D eigenvalue weighted by Crippen LogP contribution is -2.35. The normalized spacial score (nSPS) is 11.5. The zero-order chi connectivity index (χ0) is 12.9. The van der Waals surface area contributed by atoms with E-state index in [2.05, 4.69) is 0 Å². The largest absolute Gasteiger partial charge is 0.366 e. The molecule has 0 aliphatic rings. The third-order valence-corrected chi connectivity index (χ3v) is 3.15. The van der Waals surface area contributed by atoms with Crippen LogP contribution in [-0.2, 0) is 16.1 Å². The molecule has 0 bridgehead atoms. The lowest BCUT2D eigenvalue weighted by atomic mass is 10.2. The number of hydrogen-bond donors (Lipinski definition) is 0. The summed E-state index contributed by atoms with van der Waals surface area (Å²) in [6, 6.07) is 4.05. The highest BCUT2D eigenvalue weighted by Crippen LogP contribution is 2.13. The van der Waals surface area contributed by atoms with Gasteiger partial charge in [0.25, 0.3) is 0 Å². The Bertz CT molecular complexity index is 341. The summed E-state index contributed by atoms with van der Waals surface area (Å²) in [5.74, 6) is 0.0517. The summed E-state index contributed by atoms with van der Waals surface area (Å²) in [7, 11) is 0. The van der Waals surface area contributed by atoms with E-state index in [1.165, 1.54) is 4.88 Å². The molecule has 0 spiro atoms. The third kappa shape index (κ3) is 5.33. The lowest BCUT2D eigenvalue weighted by Gasteiger charge is -2.24. The molecule has 0 N–H and O–H groups in total. The van der Waals surface area contributed by atoms with E-state index in [4.69, 9.17) is 4.74 Å². The number of ether oxygens (including phenoxy) is 1. The van der Waals surface area contributed by atoms with E-state index in [1.807, 2.05) is 50.1 Å². The Labute approximate surface area is 107 Å². The van der Waals surface area contributed by atoms with Crippen molar-refractivity contribution < 1.29 is 9.53 Å². The van der Waals surface area contributed by atoms with E-state index >= 15 is 0 Å². The number of rotatable bonds is 5. The molecule has 1 aromatic heterocycles. The Morgan fingerprint density at radius 3 is 2.65 bits per heavy atom. The zero-order valence-corrected chi connectivity index (χ0v) is 11.8. The van der Waals surface area contributed by atoms with Crippen LogP contribution >= 0.6 is 11.3 Å². The topological polar surface area (TPSA) is 29.5 Å². The molecule has 1 heterocycles. The average molecular weight is 255 g/mol. The van der Waals surface area contributed by atoms with Gasteiger partial charge in [-0.05, 0) is 39.1 Å². The molecule has 0 unspecified atom stereocenters. The van der Waals surface area contributed by atoms with Crippen LogP contribution in [0.25, 0.3) is 0 Å². The van der Waals surface area contributed by atoms with Crippen LogP contribution in [0.15, 0.2) is 17.5 Å². The van der Waals surface area contributed by atoms with Crippen LogP contribution in [0.2, 0.25) is 0 Å². The number of nitrogens with zero attached hydrogens (tertiary/aromatic N) is 1. The maximum Gasteiger partial charge on any atom is 0.248 e. The van der Waals surface area contributed by atoms with Crippen molar-refractivity contribution in [3.8, 4) is 0 Å². The minimum absolute atomic E-state index is 0.0517. The smallest absolute Gasteiger partial charge is 0.248 e. The number of amides is 1. The predicted octanol–water partition coefficient (Wildman–Crippen LogP) is 2.91. The molecule has 0 saturated heterocycles. The number of likely N-dealkylation sites (N-methyl/N-ethyl adjacent to an activating group) is 1. The summed E-state index contributed by atoms with van der Waals surface area (Å²) < 4.78 is 5.51. The van der Waals surface area contributed by atoms with E-state index in [0.717, 1.165) is 0 Å². The SMILES string of the molecule is CCN(Cc1cccs1)C(=O)COC(C)(C)C. The van der Waals surface area contributed by atoms with Gasteiger partial charge in [0.05, 0.1) is 12.1 Å². The van der Waals surface area contributed by atoms with Crippen molar-refractivity contribution in [3.05, 3.63) is 22.4 Å². The van der Waals surface area contributed by atoms with E-state index in [-0.39, 0.29) is 18.1 Å². The molecule has 0 radical (unpaired) electrons. The van der Waals surface area contributed by atoms with E-state index < -0.39 is 0 Å². The first kappa shape index (κ1) is 14.2. The van der Waals surface area contributed by atoms with Gasteiger partial charge in [0, 0.05) is 11.4 Å². The van der Waals surface area contributed by atoms with Gasteiger partial charge in [-0.2, -0.15) is 0 Å². The summed E-state index contributed by atoms with van der Waals surface area (Å²) in [6.45, 7) is 9.40. The van der Waals surface area contributed by atoms with Crippen molar-refractivity contribution in [2.75, 3.05) is 13.2 Å². The fraction of sp³-hybridized carbons (Fsp3) is 0.615. The Hall–Kier alpha value is -0.870. The van der Waals surface area contributed by atoms with Crippen molar-refractivity contribution in [3.63, 3.8) is 0 Å². The molecular formula is C13H21NO2S. The van der Waals surface area contributed by atoms with Gasteiger partial charge in [0.15, 0.2) is 0 Å². The van der Waals surface area contributed by atoms with Crippen LogP contribution in [-0.4, -0.2) is 29.6 Å². The summed E-state index contributed by atoms with van der Waals surface area (Å²) in [5, 5.41) is 2.03. The minimum Gasteiger partial charge on any atom is -0.366 e. The second kappa shape index (κ2) is 6.17. The highest BCUT2D eigenvalue weighted by Gasteiger charge is 2.17. The number of carbonyl (C=O) groups is 1. The standard InChI is InChI=1S/C13H21NO2S/c1-5-14(9-11-7-6-8-17-11)12(15)10-16-13(2,3)4/h6-8H,5,9-10H2,1-4H3. The molecule has 1 aromatic rings. The first-order chi connectivity index (χ1) is 7.92. The molecule has 0 aliphatic carbocycles. The molecular weight excluding hydrogens is 234 g/mol. The fourth-order valence-corrected chi connectivity index (χ4v) is 2.06. The van der Waals surface area contributed by atoms with Crippen molar-refractivity contribution in [1.82, 2.24) is 4.90 Å². The summed E-state index contributed by atoms with van der Waals surface area (Å²) >= 11 is 1.67. The lowest BCUT2D eigenvalue weighted by molar-refractivity contribution is -0.141. The second-order valence-electron chi connectivity index (χ2n) is 4.89. The molecule has 3 nitrogen and oxygen atoms in total. The predicted molar refractivity (Wildman–Crippen MR) is 71.1 cm³/mol.